The average Bonchev–Trinajstić information content (AvgIpc) is 2.66. The molecule has 3 rings (SSSR count). The van der Waals surface area contributed by atoms with Crippen LogP contribution < -0.4 is 4.74 Å². The smallest absolute Gasteiger partial charge is 0.407 e. The molecule has 150 valence electrons. The molecule has 1 saturated heterocycles. The fourth-order valence-electron chi connectivity index (χ4n) is 3.23. The van der Waals surface area contributed by atoms with Crippen LogP contribution in [0.2, 0.25) is 0 Å². The van der Waals surface area contributed by atoms with E-state index in [2.05, 4.69) is 0 Å². The van der Waals surface area contributed by atoms with E-state index in [4.69, 9.17) is 9.84 Å². The van der Waals surface area contributed by atoms with Crippen LogP contribution in [0.3, 0.4) is 0 Å². The van der Waals surface area contributed by atoms with Gasteiger partial charge in [0.25, 0.3) is 0 Å². The number of carboxylic acid groups (broad SMARTS) is 1. The van der Waals surface area contributed by atoms with E-state index < -0.39 is 15.9 Å². The summed E-state index contributed by atoms with van der Waals surface area (Å²) in [6, 6.07) is 11.4. The Balaban J connectivity index is 1.62. The fraction of sp³-hybridized carbons (Fsp3) is 0.350. The predicted octanol–water partition coefficient (Wildman–Crippen LogP) is 3.23. The van der Waals surface area contributed by atoms with Crippen molar-refractivity contribution in [2.45, 2.75) is 17.7 Å². The van der Waals surface area contributed by atoms with Crippen molar-refractivity contribution < 1.29 is 28.2 Å². The van der Waals surface area contributed by atoms with Crippen LogP contribution in [0.4, 0.5) is 4.79 Å². The molecule has 7 nitrogen and oxygen atoms in total. The van der Waals surface area contributed by atoms with Crippen molar-refractivity contribution in [3.05, 3.63) is 42.5 Å². The molecule has 0 aliphatic carbocycles. The Morgan fingerprint density at radius 2 is 1.79 bits per heavy atom. The number of hydrogen-bond donors (Lipinski definition) is 2. The van der Waals surface area contributed by atoms with Gasteiger partial charge in [-0.15, -0.1) is 0 Å². The van der Waals surface area contributed by atoms with Crippen LogP contribution in [0, 0.1) is 5.92 Å². The maximum atomic E-state index is 11.5. The predicted molar refractivity (Wildman–Crippen MR) is 104 cm³/mol. The van der Waals surface area contributed by atoms with Gasteiger partial charge in [-0.3, -0.25) is 0 Å². The standard InChI is InChI=1S/C20H23NO6S/c1-28(25,26)17-5-2-15(3-6-17)18-7-4-16(12-19(18)22)27-13-14-8-10-21(11-9-14)20(23)24/h2-7,12,14,22H,8-11,13H2,1H3,(H,23,24). The highest BCUT2D eigenvalue weighted by atomic mass is 32.2. The summed E-state index contributed by atoms with van der Waals surface area (Å²) in [5.41, 5.74) is 1.29. The van der Waals surface area contributed by atoms with Gasteiger partial charge < -0.3 is 19.8 Å². The number of nitrogens with zero attached hydrogens (tertiary/aromatic N) is 1. The van der Waals surface area contributed by atoms with E-state index in [9.17, 15) is 18.3 Å². The van der Waals surface area contributed by atoms with E-state index in [0.717, 1.165) is 19.1 Å². The summed E-state index contributed by atoms with van der Waals surface area (Å²) in [5.74, 6) is 0.862. The number of benzene rings is 2. The number of amides is 1. The number of piperidine rings is 1. The van der Waals surface area contributed by atoms with Crippen LogP contribution in [0.15, 0.2) is 47.4 Å². The Labute approximate surface area is 164 Å². The number of sulfone groups is 1. The van der Waals surface area contributed by atoms with E-state index in [1.165, 1.54) is 23.1 Å². The van der Waals surface area contributed by atoms with Gasteiger partial charge in [0, 0.05) is 31.0 Å². The van der Waals surface area contributed by atoms with E-state index in [-0.39, 0.29) is 16.6 Å². The fourth-order valence-corrected chi connectivity index (χ4v) is 3.86. The van der Waals surface area contributed by atoms with Crippen LogP contribution in [-0.2, 0) is 9.84 Å². The molecular weight excluding hydrogens is 382 g/mol. The minimum atomic E-state index is -3.26. The Hall–Kier alpha value is -2.74. The summed E-state index contributed by atoms with van der Waals surface area (Å²) in [6.07, 6.45) is 1.77. The number of phenolic OH excluding ortho intramolecular Hbond substituents is 1. The number of phenols is 1. The Bertz CT molecular complexity index is 947. The molecule has 1 aliphatic heterocycles. The van der Waals surface area contributed by atoms with Gasteiger partial charge in [0.2, 0.25) is 0 Å². The van der Waals surface area contributed by atoms with Crippen molar-refractivity contribution in [1.82, 2.24) is 4.90 Å². The molecule has 0 saturated carbocycles. The monoisotopic (exact) mass is 405 g/mol. The second-order valence-electron chi connectivity index (χ2n) is 7.00. The van der Waals surface area contributed by atoms with Crippen molar-refractivity contribution in [3.63, 3.8) is 0 Å². The van der Waals surface area contributed by atoms with Crippen molar-refractivity contribution in [3.8, 4) is 22.6 Å². The van der Waals surface area contributed by atoms with E-state index in [1.807, 2.05) is 0 Å². The molecule has 0 radical (unpaired) electrons. The molecule has 1 amide bonds. The molecule has 8 heteroatoms. The Morgan fingerprint density at radius 1 is 1.14 bits per heavy atom. The summed E-state index contributed by atoms with van der Waals surface area (Å²) < 4.78 is 28.9. The lowest BCUT2D eigenvalue weighted by molar-refractivity contribution is 0.111. The summed E-state index contributed by atoms with van der Waals surface area (Å²) in [6.45, 7) is 1.49. The largest absolute Gasteiger partial charge is 0.507 e. The number of rotatable bonds is 5. The van der Waals surface area contributed by atoms with Gasteiger partial charge in [0.1, 0.15) is 11.5 Å². The highest BCUT2D eigenvalue weighted by molar-refractivity contribution is 7.90. The normalized spacial score (nSPS) is 15.4. The average molecular weight is 405 g/mol. The SMILES string of the molecule is CS(=O)(=O)c1ccc(-c2ccc(OCC3CCN(C(=O)O)CC3)cc2O)cc1. The van der Waals surface area contributed by atoms with Gasteiger partial charge in [-0.1, -0.05) is 12.1 Å². The highest BCUT2D eigenvalue weighted by Gasteiger charge is 2.22. The lowest BCUT2D eigenvalue weighted by Gasteiger charge is -2.29. The van der Waals surface area contributed by atoms with Gasteiger partial charge in [-0.2, -0.15) is 0 Å². The molecular formula is C20H23NO6S. The molecule has 0 spiro atoms. The molecule has 1 heterocycles. The van der Waals surface area contributed by atoms with E-state index >= 15 is 0 Å². The number of aromatic hydroxyl groups is 1. The number of hydrogen-bond acceptors (Lipinski definition) is 5. The second kappa shape index (κ2) is 8.10. The molecule has 0 unspecified atom stereocenters. The molecule has 0 atom stereocenters. The Kier molecular flexibility index (Phi) is 5.79. The summed E-state index contributed by atoms with van der Waals surface area (Å²) in [5, 5.41) is 19.3. The lowest BCUT2D eigenvalue weighted by Crippen LogP contribution is -2.38. The first kappa shape index (κ1) is 20.0. The third-order valence-electron chi connectivity index (χ3n) is 4.93. The zero-order valence-corrected chi connectivity index (χ0v) is 16.4. The van der Waals surface area contributed by atoms with Gasteiger partial charge in [-0.25, -0.2) is 13.2 Å². The third kappa shape index (κ3) is 4.75. The van der Waals surface area contributed by atoms with E-state index in [1.54, 1.807) is 24.3 Å². The molecule has 0 aromatic heterocycles. The van der Waals surface area contributed by atoms with Crippen LogP contribution in [-0.4, -0.2) is 55.6 Å². The van der Waals surface area contributed by atoms with Crippen LogP contribution >= 0.6 is 0 Å². The third-order valence-corrected chi connectivity index (χ3v) is 6.06. The van der Waals surface area contributed by atoms with Crippen LogP contribution in [0.5, 0.6) is 11.5 Å². The van der Waals surface area contributed by atoms with Crippen molar-refractivity contribution in [2.24, 2.45) is 5.92 Å². The molecule has 1 fully saturated rings. The van der Waals surface area contributed by atoms with Crippen LogP contribution in [0.25, 0.3) is 11.1 Å². The Morgan fingerprint density at radius 3 is 2.32 bits per heavy atom. The zero-order valence-electron chi connectivity index (χ0n) is 15.5. The lowest BCUT2D eigenvalue weighted by atomic mass is 9.98. The highest BCUT2D eigenvalue weighted by Crippen LogP contribution is 2.33. The topological polar surface area (TPSA) is 104 Å². The van der Waals surface area contributed by atoms with Gasteiger partial charge in [0.05, 0.1) is 11.5 Å². The first-order valence-corrected chi connectivity index (χ1v) is 10.9. The molecule has 2 aromatic carbocycles. The molecule has 2 aromatic rings. The number of likely N-dealkylation sites (tertiary alicyclic amines) is 1. The van der Waals surface area contributed by atoms with Crippen LogP contribution in [0.1, 0.15) is 12.8 Å². The molecule has 0 bridgehead atoms. The molecule has 28 heavy (non-hydrogen) atoms. The summed E-state index contributed by atoms with van der Waals surface area (Å²) >= 11 is 0. The van der Waals surface area contributed by atoms with Gasteiger partial charge >= 0.3 is 6.09 Å². The van der Waals surface area contributed by atoms with Gasteiger partial charge in [-0.05, 0) is 48.6 Å². The molecule has 1 aliphatic rings. The van der Waals surface area contributed by atoms with Crippen molar-refractivity contribution >= 4 is 15.9 Å². The minimum Gasteiger partial charge on any atom is -0.507 e. The first-order valence-electron chi connectivity index (χ1n) is 8.98. The number of ether oxygens (including phenoxy) is 1. The summed E-state index contributed by atoms with van der Waals surface area (Å²) in [4.78, 5) is 12.6. The summed E-state index contributed by atoms with van der Waals surface area (Å²) in [7, 11) is -3.26. The zero-order chi connectivity index (χ0) is 20.3. The van der Waals surface area contributed by atoms with E-state index in [0.29, 0.717) is 36.6 Å². The first-order chi connectivity index (χ1) is 13.2. The van der Waals surface area contributed by atoms with Crippen molar-refractivity contribution in [1.29, 1.82) is 0 Å². The quantitative estimate of drug-likeness (QED) is 0.791. The minimum absolute atomic E-state index is 0.0466. The maximum Gasteiger partial charge on any atom is 0.407 e. The molecule has 2 N–H and O–H groups in total. The van der Waals surface area contributed by atoms with Crippen molar-refractivity contribution in [2.75, 3.05) is 26.0 Å². The van der Waals surface area contributed by atoms with Gasteiger partial charge in [0.15, 0.2) is 9.84 Å². The number of carbonyl (C=O) groups is 1. The maximum absolute atomic E-state index is 11.5. The second-order valence-corrected chi connectivity index (χ2v) is 9.02.